The van der Waals surface area contributed by atoms with Crippen molar-refractivity contribution in [3.8, 4) is 11.5 Å². The molecule has 1 unspecified atom stereocenters. The lowest BCUT2D eigenvalue weighted by molar-refractivity contribution is -0.120. The molecule has 4 rings (SSSR count). The fraction of sp³-hybridized carbons (Fsp3) is 0.167. The van der Waals surface area contributed by atoms with Gasteiger partial charge in [0.25, 0.3) is 10.0 Å². The largest absolute Gasteiger partial charge is 0.454 e. The van der Waals surface area contributed by atoms with Crippen LogP contribution in [0.3, 0.4) is 0 Å². The minimum Gasteiger partial charge on any atom is -0.454 e. The third-order valence-corrected chi connectivity index (χ3v) is 7.66. The maximum Gasteiger partial charge on any atom is 0.329 e. The molecule has 0 radical (unpaired) electrons. The molecule has 1 aliphatic heterocycles. The molecule has 0 aliphatic carbocycles. The van der Waals surface area contributed by atoms with Crippen LogP contribution in [0.4, 0.5) is 10.5 Å². The molecular weight excluding hydrogens is 538 g/mol. The van der Waals surface area contributed by atoms with Crippen LogP contribution in [0, 0.1) is 0 Å². The van der Waals surface area contributed by atoms with E-state index >= 15 is 0 Å². The number of nitrogens with one attached hydrogen (secondary N) is 2. The molecule has 0 fully saturated rings. The number of rotatable bonds is 7. The Balaban J connectivity index is 1.55. The van der Waals surface area contributed by atoms with E-state index in [1.807, 2.05) is 35.1 Å². The second-order valence-electron chi connectivity index (χ2n) is 7.69. The Kier molecular flexibility index (Phi) is 7.27. The van der Waals surface area contributed by atoms with Gasteiger partial charge in [-0.1, -0.05) is 42.5 Å². The molecule has 182 valence electrons. The molecule has 1 heterocycles. The summed E-state index contributed by atoms with van der Waals surface area (Å²) in [5.74, 6) is 0.637. The first-order valence-electron chi connectivity index (χ1n) is 10.5. The highest BCUT2D eigenvalue weighted by Gasteiger charge is 2.28. The van der Waals surface area contributed by atoms with Gasteiger partial charge in [-0.25, -0.2) is 17.9 Å². The number of likely N-dealkylation sites (N-methyl/N-ethyl adjacent to an activating group) is 1. The molecule has 1 aliphatic rings. The van der Waals surface area contributed by atoms with E-state index in [9.17, 15) is 18.0 Å². The van der Waals surface area contributed by atoms with Crippen LogP contribution < -0.4 is 24.4 Å². The monoisotopic (exact) mass is 559 g/mol. The highest BCUT2D eigenvalue weighted by Crippen LogP contribution is 2.35. The summed E-state index contributed by atoms with van der Waals surface area (Å²) >= 11 is 3.18. The van der Waals surface area contributed by atoms with Crippen LogP contribution in [0.5, 0.6) is 11.5 Å². The minimum atomic E-state index is -4.18. The van der Waals surface area contributed by atoms with E-state index in [4.69, 9.17) is 9.47 Å². The first-order chi connectivity index (χ1) is 16.7. The van der Waals surface area contributed by atoms with Crippen molar-refractivity contribution in [3.63, 3.8) is 0 Å². The molecule has 3 amide bonds. The lowest BCUT2D eigenvalue weighted by Gasteiger charge is -2.25. The summed E-state index contributed by atoms with van der Waals surface area (Å²) in [4.78, 5) is 27.4. The van der Waals surface area contributed by atoms with Crippen LogP contribution in [-0.4, -0.2) is 40.2 Å². The number of anilines is 1. The van der Waals surface area contributed by atoms with Crippen LogP contribution in [-0.2, 0) is 21.2 Å². The van der Waals surface area contributed by atoms with Crippen molar-refractivity contribution < 1.29 is 27.5 Å². The second-order valence-corrected chi connectivity index (χ2v) is 10.2. The lowest BCUT2D eigenvalue weighted by Crippen LogP contribution is -2.52. The van der Waals surface area contributed by atoms with E-state index in [2.05, 4.69) is 21.2 Å². The van der Waals surface area contributed by atoms with E-state index in [0.29, 0.717) is 21.7 Å². The third kappa shape index (κ3) is 5.75. The fourth-order valence-corrected chi connectivity index (χ4v) is 5.45. The smallest absolute Gasteiger partial charge is 0.329 e. The summed E-state index contributed by atoms with van der Waals surface area (Å²) in [5.41, 5.74) is 1.32. The topological polar surface area (TPSA) is 114 Å². The predicted molar refractivity (Wildman–Crippen MR) is 133 cm³/mol. The maximum absolute atomic E-state index is 13.4. The molecule has 9 nitrogen and oxygen atoms in total. The number of hydrogen-bond donors (Lipinski definition) is 2. The van der Waals surface area contributed by atoms with Crippen molar-refractivity contribution >= 4 is 43.6 Å². The number of urea groups is 1. The molecular formula is C24H22BrN3O6S. The van der Waals surface area contributed by atoms with E-state index in [-0.39, 0.29) is 18.1 Å². The fourth-order valence-electron chi connectivity index (χ4n) is 3.53. The summed E-state index contributed by atoms with van der Waals surface area (Å²) in [6.07, 6.45) is 0.150. The average molecular weight is 560 g/mol. The van der Waals surface area contributed by atoms with Crippen LogP contribution in [0.2, 0.25) is 0 Å². The summed E-state index contributed by atoms with van der Waals surface area (Å²) < 4.78 is 38.4. The number of hydrogen-bond acceptors (Lipinski definition) is 6. The van der Waals surface area contributed by atoms with Crippen molar-refractivity contribution in [3.05, 3.63) is 82.8 Å². The highest BCUT2D eigenvalue weighted by molar-refractivity contribution is 9.10. The van der Waals surface area contributed by atoms with Gasteiger partial charge in [0.05, 0.1) is 0 Å². The standard InChI is InChI=1S/C24H22BrN3O6S/c1-28(17-11-12-20-21(14-17)34-15-33-20)23(29)19(13-16-7-3-2-4-8-16)26-24(30)27-35(31,32)22-10-6-5-9-18(22)25/h2-12,14,19H,13,15H2,1H3,(H2,26,27,30). The molecule has 11 heteroatoms. The predicted octanol–water partition coefficient (Wildman–Crippen LogP) is 3.44. The Morgan fingerprint density at radius 2 is 1.69 bits per heavy atom. The number of ether oxygens (including phenoxy) is 2. The van der Waals surface area contributed by atoms with Crippen LogP contribution >= 0.6 is 15.9 Å². The second kappa shape index (κ2) is 10.4. The SMILES string of the molecule is CN(C(=O)C(Cc1ccccc1)NC(=O)NS(=O)(=O)c1ccccc1Br)c1ccc2c(c1)OCO2. The number of fused-ring (bicyclic) bond motifs is 1. The summed E-state index contributed by atoms with van der Waals surface area (Å²) in [6.45, 7) is 0.0980. The molecule has 0 saturated heterocycles. The quantitative estimate of drug-likeness (QED) is 0.458. The van der Waals surface area contributed by atoms with Gasteiger partial charge in [0, 0.05) is 29.7 Å². The minimum absolute atomic E-state index is 0.0980. The van der Waals surface area contributed by atoms with Gasteiger partial charge in [-0.05, 0) is 45.8 Å². The van der Waals surface area contributed by atoms with E-state index in [1.54, 1.807) is 43.4 Å². The highest BCUT2D eigenvalue weighted by atomic mass is 79.9. The average Bonchev–Trinajstić information content (AvgIpc) is 3.31. The number of halogens is 1. The normalized spacial score (nSPS) is 13.1. The van der Waals surface area contributed by atoms with Gasteiger partial charge in [-0.2, -0.15) is 0 Å². The van der Waals surface area contributed by atoms with E-state index < -0.39 is 28.0 Å². The Bertz CT molecular complexity index is 1350. The van der Waals surface area contributed by atoms with E-state index in [0.717, 1.165) is 5.56 Å². The van der Waals surface area contributed by atoms with Gasteiger partial charge in [-0.15, -0.1) is 0 Å². The van der Waals surface area contributed by atoms with Gasteiger partial charge in [0.2, 0.25) is 12.7 Å². The van der Waals surface area contributed by atoms with Crippen molar-refractivity contribution in [1.82, 2.24) is 10.0 Å². The molecule has 0 saturated carbocycles. The zero-order chi connectivity index (χ0) is 25.0. The van der Waals surface area contributed by atoms with Crippen molar-refractivity contribution in [2.24, 2.45) is 0 Å². The van der Waals surface area contributed by atoms with Crippen LogP contribution in [0.1, 0.15) is 5.56 Å². The van der Waals surface area contributed by atoms with Crippen LogP contribution in [0.15, 0.2) is 82.2 Å². The molecule has 3 aromatic rings. The Labute approximate surface area is 211 Å². The number of nitrogens with zero attached hydrogens (tertiary/aromatic N) is 1. The van der Waals surface area contributed by atoms with E-state index in [1.165, 1.54) is 11.0 Å². The number of benzene rings is 3. The Morgan fingerprint density at radius 1 is 1.00 bits per heavy atom. The van der Waals surface area contributed by atoms with Gasteiger partial charge < -0.3 is 19.7 Å². The lowest BCUT2D eigenvalue weighted by atomic mass is 10.0. The number of sulfonamides is 1. The first kappa shape index (κ1) is 24.6. The van der Waals surface area contributed by atoms with Gasteiger partial charge in [-0.3, -0.25) is 4.79 Å². The molecule has 35 heavy (non-hydrogen) atoms. The zero-order valence-electron chi connectivity index (χ0n) is 18.6. The zero-order valence-corrected chi connectivity index (χ0v) is 21.0. The van der Waals surface area contributed by atoms with Crippen molar-refractivity contribution in [2.75, 3.05) is 18.7 Å². The van der Waals surface area contributed by atoms with Crippen LogP contribution in [0.25, 0.3) is 0 Å². The van der Waals surface area contributed by atoms with Crippen molar-refractivity contribution in [1.29, 1.82) is 0 Å². The molecule has 0 spiro atoms. The Hall–Kier alpha value is -3.57. The molecule has 3 aromatic carbocycles. The third-order valence-electron chi connectivity index (χ3n) is 5.31. The van der Waals surface area contributed by atoms with Gasteiger partial charge >= 0.3 is 6.03 Å². The van der Waals surface area contributed by atoms with Gasteiger partial charge in [0.15, 0.2) is 11.5 Å². The molecule has 0 bridgehead atoms. The number of carbonyl (C=O) groups excluding carboxylic acids is 2. The first-order valence-corrected chi connectivity index (χ1v) is 12.8. The summed E-state index contributed by atoms with van der Waals surface area (Å²) in [5, 5.41) is 2.52. The number of amides is 3. The number of carbonyl (C=O) groups is 2. The Morgan fingerprint density at radius 3 is 2.43 bits per heavy atom. The molecule has 2 N–H and O–H groups in total. The molecule has 1 atom stereocenters. The summed E-state index contributed by atoms with van der Waals surface area (Å²) in [6, 6.07) is 18.2. The molecule has 0 aromatic heterocycles. The summed E-state index contributed by atoms with van der Waals surface area (Å²) in [7, 11) is -2.61. The van der Waals surface area contributed by atoms with Crippen molar-refractivity contribution in [2.45, 2.75) is 17.4 Å². The maximum atomic E-state index is 13.4. The van der Waals surface area contributed by atoms with Gasteiger partial charge in [0.1, 0.15) is 10.9 Å².